The van der Waals surface area contributed by atoms with Crippen LogP contribution < -0.4 is 10.6 Å². The molecule has 2 amide bonds. The van der Waals surface area contributed by atoms with E-state index in [1.165, 1.54) is 0 Å². The lowest BCUT2D eigenvalue weighted by Crippen LogP contribution is -2.54. The fourth-order valence-corrected chi connectivity index (χ4v) is 1.90. The third kappa shape index (κ3) is 2.63. The first kappa shape index (κ1) is 11.2. The van der Waals surface area contributed by atoms with Crippen LogP contribution in [0.5, 0.6) is 0 Å². The first-order valence-corrected chi connectivity index (χ1v) is 5.67. The number of carbonyl (C=O) groups is 2. The van der Waals surface area contributed by atoms with Crippen molar-refractivity contribution < 1.29 is 14.7 Å². The minimum Gasteiger partial charge on any atom is -0.480 e. The summed E-state index contributed by atoms with van der Waals surface area (Å²) < 4.78 is 0. The number of carboxylic acids is 1. The summed E-state index contributed by atoms with van der Waals surface area (Å²) in [6.07, 6.45) is 1.80. The normalized spacial score (nSPS) is 22.6. The van der Waals surface area contributed by atoms with Crippen molar-refractivity contribution in [3.8, 4) is 0 Å². The van der Waals surface area contributed by atoms with E-state index < -0.39 is 12.0 Å². The SMILES string of the molecule is O=C(O)C(NC(=O)N1CCNCC1)C1CC1. The molecule has 1 heterocycles. The van der Waals surface area contributed by atoms with Gasteiger partial charge in [0.25, 0.3) is 0 Å². The summed E-state index contributed by atoms with van der Waals surface area (Å²) in [5.74, 6) is -0.796. The highest BCUT2D eigenvalue weighted by molar-refractivity contribution is 5.83. The van der Waals surface area contributed by atoms with Gasteiger partial charge in [-0.3, -0.25) is 0 Å². The number of carboxylic acid groups (broad SMARTS) is 1. The summed E-state index contributed by atoms with van der Waals surface area (Å²) in [6, 6.07) is -0.955. The highest BCUT2D eigenvalue weighted by atomic mass is 16.4. The Balaban J connectivity index is 1.86. The lowest BCUT2D eigenvalue weighted by Gasteiger charge is -2.28. The Bertz CT molecular complexity index is 285. The molecule has 90 valence electrons. The molecule has 6 nitrogen and oxygen atoms in total. The molecular weight excluding hydrogens is 210 g/mol. The number of nitrogens with zero attached hydrogens (tertiary/aromatic N) is 1. The molecule has 0 aromatic heterocycles. The first-order chi connectivity index (χ1) is 7.68. The highest BCUT2D eigenvalue weighted by Gasteiger charge is 2.38. The molecule has 0 spiro atoms. The second-order valence-electron chi connectivity index (χ2n) is 4.34. The second kappa shape index (κ2) is 4.69. The molecule has 3 N–H and O–H groups in total. The third-order valence-electron chi connectivity index (χ3n) is 3.04. The van der Waals surface area contributed by atoms with E-state index in [0.29, 0.717) is 13.1 Å². The van der Waals surface area contributed by atoms with Crippen molar-refractivity contribution in [2.24, 2.45) is 5.92 Å². The summed E-state index contributed by atoms with van der Waals surface area (Å²) in [5.41, 5.74) is 0. The van der Waals surface area contributed by atoms with Gasteiger partial charge in [-0.1, -0.05) is 0 Å². The summed E-state index contributed by atoms with van der Waals surface area (Å²) in [7, 11) is 0. The van der Waals surface area contributed by atoms with Gasteiger partial charge >= 0.3 is 12.0 Å². The van der Waals surface area contributed by atoms with Crippen LogP contribution in [0.1, 0.15) is 12.8 Å². The molecule has 0 aromatic rings. The van der Waals surface area contributed by atoms with E-state index in [1.807, 2.05) is 0 Å². The van der Waals surface area contributed by atoms with Gasteiger partial charge in [0.15, 0.2) is 0 Å². The molecule has 2 aliphatic rings. The predicted octanol–water partition coefficient (Wildman–Crippen LogP) is -0.536. The molecule has 1 saturated carbocycles. The Morgan fingerprint density at radius 1 is 1.31 bits per heavy atom. The summed E-state index contributed by atoms with van der Waals surface area (Å²) in [5, 5.41) is 14.7. The molecule has 0 radical (unpaired) electrons. The van der Waals surface area contributed by atoms with Gasteiger partial charge in [0.2, 0.25) is 0 Å². The van der Waals surface area contributed by atoms with E-state index in [0.717, 1.165) is 25.9 Å². The van der Waals surface area contributed by atoms with E-state index in [-0.39, 0.29) is 11.9 Å². The Morgan fingerprint density at radius 2 is 1.94 bits per heavy atom. The van der Waals surface area contributed by atoms with Crippen LogP contribution >= 0.6 is 0 Å². The average Bonchev–Trinajstić information content (AvgIpc) is 3.10. The minimum absolute atomic E-state index is 0.129. The fraction of sp³-hybridized carbons (Fsp3) is 0.800. The molecule has 0 aromatic carbocycles. The molecule has 1 saturated heterocycles. The predicted molar refractivity (Wildman–Crippen MR) is 57.1 cm³/mol. The third-order valence-corrected chi connectivity index (χ3v) is 3.04. The number of carbonyl (C=O) groups excluding carboxylic acids is 1. The van der Waals surface area contributed by atoms with Crippen LogP contribution in [0.4, 0.5) is 4.79 Å². The molecule has 1 aliphatic carbocycles. The maximum Gasteiger partial charge on any atom is 0.326 e. The number of aliphatic carboxylic acids is 1. The zero-order valence-corrected chi connectivity index (χ0v) is 9.11. The minimum atomic E-state index is -0.925. The molecule has 16 heavy (non-hydrogen) atoms. The van der Waals surface area contributed by atoms with Crippen LogP contribution in [0, 0.1) is 5.92 Å². The van der Waals surface area contributed by atoms with Crippen molar-refractivity contribution in [1.82, 2.24) is 15.5 Å². The monoisotopic (exact) mass is 227 g/mol. The molecule has 6 heteroatoms. The van der Waals surface area contributed by atoms with Crippen molar-refractivity contribution in [3.63, 3.8) is 0 Å². The smallest absolute Gasteiger partial charge is 0.326 e. The Labute approximate surface area is 94.0 Å². The van der Waals surface area contributed by atoms with Gasteiger partial charge in [-0.15, -0.1) is 0 Å². The number of rotatable bonds is 3. The van der Waals surface area contributed by atoms with E-state index in [1.54, 1.807) is 4.90 Å². The Kier molecular flexibility index (Phi) is 3.28. The van der Waals surface area contributed by atoms with Gasteiger partial charge in [-0.05, 0) is 18.8 Å². The van der Waals surface area contributed by atoms with Crippen molar-refractivity contribution in [2.75, 3.05) is 26.2 Å². The zero-order chi connectivity index (χ0) is 11.5. The molecule has 2 rings (SSSR count). The van der Waals surface area contributed by atoms with Gasteiger partial charge in [-0.25, -0.2) is 9.59 Å². The fourth-order valence-electron chi connectivity index (χ4n) is 1.90. The quantitative estimate of drug-likeness (QED) is 0.605. The first-order valence-electron chi connectivity index (χ1n) is 5.67. The van der Waals surface area contributed by atoms with Crippen molar-refractivity contribution >= 4 is 12.0 Å². The maximum absolute atomic E-state index is 11.8. The number of hydrogen-bond donors (Lipinski definition) is 3. The van der Waals surface area contributed by atoms with Crippen molar-refractivity contribution in [3.05, 3.63) is 0 Å². The number of amides is 2. The van der Waals surface area contributed by atoms with Crippen molar-refractivity contribution in [1.29, 1.82) is 0 Å². The Hall–Kier alpha value is -1.30. The van der Waals surface area contributed by atoms with Crippen molar-refractivity contribution in [2.45, 2.75) is 18.9 Å². The zero-order valence-electron chi connectivity index (χ0n) is 9.11. The van der Waals surface area contributed by atoms with Gasteiger partial charge < -0.3 is 20.6 Å². The van der Waals surface area contributed by atoms with E-state index >= 15 is 0 Å². The van der Waals surface area contributed by atoms with Crippen LogP contribution in [0.25, 0.3) is 0 Å². The molecule has 1 unspecified atom stereocenters. The number of nitrogens with one attached hydrogen (secondary N) is 2. The van der Waals surface area contributed by atoms with E-state index in [9.17, 15) is 9.59 Å². The maximum atomic E-state index is 11.8. The van der Waals surface area contributed by atoms with Gasteiger partial charge in [-0.2, -0.15) is 0 Å². The molecule has 1 aliphatic heterocycles. The van der Waals surface area contributed by atoms with Gasteiger partial charge in [0.1, 0.15) is 6.04 Å². The Morgan fingerprint density at radius 3 is 2.44 bits per heavy atom. The molecule has 1 atom stereocenters. The average molecular weight is 227 g/mol. The standard InChI is InChI=1S/C10H17N3O3/c14-9(15)8(7-1-2-7)12-10(16)13-5-3-11-4-6-13/h7-8,11H,1-6H2,(H,12,16)(H,14,15). The van der Waals surface area contributed by atoms with Crippen LogP contribution in [-0.2, 0) is 4.79 Å². The topological polar surface area (TPSA) is 81.7 Å². The lowest BCUT2D eigenvalue weighted by molar-refractivity contribution is -0.139. The van der Waals surface area contributed by atoms with Crippen LogP contribution in [0.15, 0.2) is 0 Å². The van der Waals surface area contributed by atoms with Crippen LogP contribution in [0.2, 0.25) is 0 Å². The molecule has 2 fully saturated rings. The second-order valence-corrected chi connectivity index (χ2v) is 4.34. The van der Waals surface area contributed by atoms with E-state index in [4.69, 9.17) is 5.11 Å². The number of hydrogen-bond acceptors (Lipinski definition) is 3. The highest BCUT2D eigenvalue weighted by Crippen LogP contribution is 2.32. The number of piperazine rings is 1. The lowest BCUT2D eigenvalue weighted by atomic mass is 10.2. The molecular formula is C10H17N3O3. The van der Waals surface area contributed by atoms with Gasteiger partial charge in [0.05, 0.1) is 0 Å². The van der Waals surface area contributed by atoms with Gasteiger partial charge in [0, 0.05) is 26.2 Å². The largest absolute Gasteiger partial charge is 0.480 e. The summed E-state index contributed by atoms with van der Waals surface area (Å²) >= 11 is 0. The summed E-state index contributed by atoms with van der Waals surface area (Å²) in [6.45, 7) is 2.83. The van der Waals surface area contributed by atoms with Crippen LogP contribution in [-0.4, -0.2) is 54.2 Å². The number of urea groups is 1. The van der Waals surface area contributed by atoms with E-state index in [2.05, 4.69) is 10.6 Å². The summed E-state index contributed by atoms with van der Waals surface area (Å²) in [4.78, 5) is 24.4. The van der Waals surface area contributed by atoms with Crippen LogP contribution in [0.3, 0.4) is 0 Å². The molecule has 0 bridgehead atoms.